The number of halogens is 2. The Balaban J connectivity index is 0.766. The molecule has 7 heterocycles. The Morgan fingerprint density at radius 2 is 1.59 bits per heavy atom. The van der Waals surface area contributed by atoms with E-state index in [2.05, 4.69) is 31.4 Å². The molecule has 9 rings (SSSR count). The van der Waals surface area contributed by atoms with E-state index in [9.17, 15) is 32.8 Å². The van der Waals surface area contributed by atoms with E-state index in [1.54, 1.807) is 32.4 Å². The Bertz CT molecular complexity index is 2360. The molecule has 0 saturated carbocycles. The normalized spacial score (nSPS) is 21.5. The summed E-state index contributed by atoms with van der Waals surface area (Å²) in [7, 11) is 4.97. The van der Waals surface area contributed by atoms with Gasteiger partial charge < -0.3 is 39.0 Å². The van der Waals surface area contributed by atoms with Crippen LogP contribution in [0.3, 0.4) is 0 Å². The molecule has 0 aliphatic carbocycles. The average Bonchev–Trinajstić information content (AvgIpc) is 3.61. The molecule has 1 atom stereocenters. The van der Waals surface area contributed by atoms with Crippen LogP contribution in [-0.2, 0) is 42.7 Å². The molecule has 0 radical (unpaired) electrons. The van der Waals surface area contributed by atoms with Crippen LogP contribution in [0.2, 0.25) is 0 Å². The van der Waals surface area contributed by atoms with Crippen molar-refractivity contribution in [3.05, 3.63) is 74.7 Å². The fourth-order valence-electron chi connectivity index (χ4n) is 10.9. The van der Waals surface area contributed by atoms with Crippen molar-refractivity contribution >= 4 is 29.4 Å². The molecule has 2 N–H and O–H groups in total. The van der Waals surface area contributed by atoms with E-state index in [1.807, 2.05) is 24.3 Å². The van der Waals surface area contributed by atoms with Crippen LogP contribution < -0.4 is 30.6 Å². The first-order valence-corrected chi connectivity index (χ1v) is 22.6. The molecule has 4 fully saturated rings. The molecule has 5 amide bonds. The number of nitrogens with zero attached hydrogens (tertiary/aromatic N) is 6. The first-order chi connectivity index (χ1) is 30.8. The number of carbonyl (C=O) groups excluding carboxylic acids is 4. The summed E-state index contributed by atoms with van der Waals surface area (Å²) < 4.78 is 39.0. The lowest BCUT2D eigenvalue weighted by Gasteiger charge is -2.55. The minimum absolute atomic E-state index is 0.0316. The summed E-state index contributed by atoms with van der Waals surface area (Å²) in [6, 6.07) is 8.87. The van der Waals surface area contributed by atoms with Gasteiger partial charge in [0.2, 0.25) is 11.8 Å². The van der Waals surface area contributed by atoms with Crippen molar-refractivity contribution < 1.29 is 37.4 Å². The Morgan fingerprint density at radius 3 is 2.27 bits per heavy atom. The van der Waals surface area contributed by atoms with Gasteiger partial charge in [-0.3, -0.25) is 29.4 Å². The van der Waals surface area contributed by atoms with E-state index in [0.29, 0.717) is 66.4 Å². The second-order valence-electron chi connectivity index (χ2n) is 18.6. The van der Waals surface area contributed by atoms with Crippen molar-refractivity contribution in [3.8, 4) is 22.6 Å². The molecule has 3 aromatic rings. The van der Waals surface area contributed by atoms with Crippen LogP contribution in [0.15, 0.2) is 41.3 Å². The molecular formula is C47H58F2N8O7. The average molecular weight is 885 g/mol. The monoisotopic (exact) mass is 884 g/mol. The van der Waals surface area contributed by atoms with Crippen molar-refractivity contribution in [2.75, 3.05) is 78.0 Å². The quantitative estimate of drug-likeness (QED) is 0.271. The highest BCUT2D eigenvalue weighted by atomic mass is 19.3. The number of anilines is 1. The van der Waals surface area contributed by atoms with E-state index in [0.717, 1.165) is 105 Å². The van der Waals surface area contributed by atoms with Gasteiger partial charge in [-0.25, -0.2) is 13.6 Å². The van der Waals surface area contributed by atoms with Gasteiger partial charge in [0.1, 0.15) is 17.5 Å². The first-order valence-electron chi connectivity index (χ1n) is 22.6. The van der Waals surface area contributed by atoms with E-state index in [-0.39, 0.29) is 36.2 Å². The minimum atomic E-state index is -2.66. The van der Waals surface area contributed by atoms with E-state index in [1.165, 1.54) is 9.47 Å². The lowest BCUT2D eigenvalue weighted by atomic mass is 9.71. The van der Waals surface area contributed by atoms with Crippen molar-refractivity contribution in [1.82, 2.24) is 34.8 Å². The summed E-state index contributed by atoms with van der Waals surface area (Å²) in [5.74, 6) is 1.21. The zero-order chi connectivity index (χ0) is 44.9. The van der Waals surface area contributed by atoms with Crippen LogP contribution >= 0.6 is 0 Å². The molecule has 15 nitrogen and oxygen atoms in total. The number of fused-ring (bicyclic) bond motifs is 2. The van der Waals surface area contributed by atoms with Crippen LogP contribution in [0.25, 0.3) is 11.1 Å². The van der Waals surface area contributed by atoms with Gasteiger partial charge in [-0.2, -0.15) is 0 Å². The second kappa shape index (κ2) is 17.8. The van der Waals surface area contributed by atoms with Crippen molar-refractivity contribution in [2.24, 2.45) is 18.4 Å². The molecule has 17 heteroatoms. The van der Waals surface area contributed by atoms with Crippen LogP contribution in [0.1, 0.15) is 71.1 Å². The topological polar surface area (TPSA) is 149 Å². The third kappa shape index (κ3) is 8.55. The van der Waals surface area contributed by atoms with Gasteiger partial charge in [0.15, 0.2) is 0 Å². The SMILES string of the molecule is COc1cc(-c2cn(C)c(=O)c3c2CCN(C(=O)NCC(F)F)C3)cc(OC)c1CN1CCC(CN2CCC3(CC2)CN(c2ccc4c(c2)C(=O)N(C2CCC(=O)NC2=O)C4)C3)CC1. The molecule has 6 aliphatic rings. The summed E-state index contributed by atoms with van der Waals surface area (Å²) in [5, 5.41) is 4.63. The van der Waals surface area contributed by atoms with Gasteiger partial charge >= 0.3 is 6.03 Å². The summed E-state index contributed by atoms with van der Waals surface area (Å²) in [4.78, 5) is 73.9. The summed E-state index contributed by atoms with van der Waals surface area (Å²) >= 11 is 0. The number of methoxy groups -OCH3 is 2. The number of benzene rings is 2. The number of piperidine rings is 3. The van der Waals surface area contributed by atoms with Crippen LogP contribution in [-0.4, -0.2) is 134 Å². The number of imide groups is 1. The lowest BCUT2D eigenvalue weighted by molar-refractivity contribution is -0.136. The molecule has 0 bridgehead atoms. The second-order valence-corrected chi connectivity index (χ2v) is 18.6. The number of ether oxygens (including phenoxy) is 2. The highest BCUT2D eigenvalue weighted by Crippen LogP contribution is 2.44. The Kier molecular flexibility index (Phi) is 12.1. The third-order valence-corrected chi connectivity index (χ3v) is 14.6. The van der Waals surface area contributed by atoms with Gasteiger partial charge in [-0.05, 0) is 112 Å². The van der Waals surface area contributed by atoms with Crippen molar-refractivity contribution in [1.29, 1.82) is 0 Å². The van der Waals surface area contributed by atoms with Gasteiger partial charge in [-0.1, -0.05) is 6.07 Å². The van der Waals surface area contributed by atoms with E-state index >= 15 is 0 Å². The molecule has 1 unspecified atom stereocenters. The maximum absolute atomic E-state index is 13.4. The molecule has 1 spiro atoms. The standard InChI is InChI=1S/C47H58F2N8O7/c1-52-24-35(33-10-15-55(26-36(33)44(52)60)46(62)50-21-41(48)49)31-18-39(63-2)37(40(19-31)64-3)25-53-13-8-29(9-14-53)22-54-16-11-47(12-17-54)27-56(28-47)32-5-4-30-23-57(45(61)34(30)20-32)38-6-7-42(58)51-43(38)59/h4-5,18-20,24,29,38,41H,6-17,21-23,25-28H2,1-3H3,(H,50,62)(H,51,58,59). The van der Waals surface area contributed by atoms with Crippen LogP contribution in [0.5, 0.6) is 11.5 Å². The first kappa shape index (κ1) is 43.7. The summed E-state index contributed by atoms with van der Waals surface area (Å²) in [5.41, 5.74) is 6.64. The third-order valence-electron chi connectivity index (χ3n) is 14.6. The maximum atomic E-state index is 13.4. The number of pyridine rings is 1. The number of amides is 5. The number of alkyl halides is 2. The number of nitrogens with one attached hydrogen (secondary N) is 2. The zero-order valence-electron chi connectivity index (χ0n) is 36.9. The van der Waals surface area contributed by atoms with Crippen LogP contribution in [0.4, 0.5) is 19.3 Å². The fraction of sp³-hybridized carbons (Fsp3) is 0.553. The predicted molar refractivity (Wildman–Crippen MR) is 235 cm³/mol. The largest absolute Gasteiger partial charge is 0.496 e. The lowest BCUT2D eigenvalue weighted by Crippen LogP contribution is -2.60. The fourth-order valence-corrected chi connectivity index (χ4v) is 10.9. The number of aryl methyl sites for hydroxylation is 1. The zero-order valence-corrected chi connectivity index (χ0v) is 36.9. The number of hydrogen-bond acceptors (Lipinski definition) is 10. The van der Waals surface area contributed by atoms with Crippen molar-refractivity contribution in [3.63, 3.8) is 0 Å². The predicted octanol–water partition coefficient (Wildman–Crippen LogP) is 3.98. The number of urea groups is 1. The smallest absolute Gasteiger partial charge is 0.317 e. The number of rotatable bonds is 11. The Labute approximate surface area is 371 Å². The molecule has 4 saturated heterocycles. The number of carbonyl (C=O) groups is 4. The highest BCUT2D eigenvalue weighted by Gasteiger charge is 2.46. The van der Waals surface area contributed by atoms with Gasteiger partial charge in [0.05, 0.1) is 32.9 Å². The van der Waals surface area contributed by atoms with Crippen molar-refractivity contribution in [2.45, 2.75) is 77.0 Å². The number of aromatic nitrogens is 1. The molecule has 342 valence electrons. The molecule has 1 aromatic heterocycles. The van der Waals surface area contributed by atoms with Crippen LogP contribution in [0, 0.1) is 11.3 Å². The highest BCUT2D eigenvalue weighted by molar-refractivity contribution is 6.05. The van der Waals surface area contributed by atoms with Gasteiger partial charge in [0, 0.05) is 86.7 Å². The number of hydrogen-bond donors (Lipinski definition) is 2. The molecular weight excluding hydrogens is 827 g/mol. The maximum Gasteiger partial charge on any atom is 0.317 e. The Morgan fingerprint density at radius 1 is 0.875 bits per heavy atom. The summed E-state index contributed by atoms with van der Waals surface area (Å²) in [6.45, 7) is 7.83. The molecule has 6 aliphatic heterocycles. The van der Waals surface area contributed by atoms with E-state index in [4.69, 9.17) is 9.47 Å². The Hall–Kier alpha value is -5.55. The molecule has 2 aromatic carbocycles. The molecule has 64 heavy (non-hydrogen) atoms. The van der Waals surface area contributed by atoms with E-state index < -0.39 is 25.0 Å². The number of likely N-dealkylation sites (tertiary alicyclic amines) is 2. The summed E-state index contributed by atoms with van der Waals surface area (Å²) in [6.07, 6.45) is 4.69. The van der Waals surface area contributed by atoms with Gasteiger partial charge in [0.25, 0.3) is 17.9 Å². The minimum Gasteiger partial charge on any atom is -0.496 e. The van der Waals surface area contributed by atoms with Gasteiger partial charge in [-0.15, -0.1) is 0 Å².